The molecule has 2 aromatic carbocycles. The van der Waals surface area contributed by atoms with E-state index < -0.39 is 30.2 Å². The molecule has 29 heavy (non-hydrogen) atoms. The molecule has 1 heterocycles. The average Bonchev–Trinajstić information content (AvgIpc) is 2.74. The molecule has 0 saturated carbocycles. The maximum atomic E-state index is 13.0. The highest BCUT2D eigenvalue weighted by Crippen LogP contribution is 2.18. The van der Waals surface area contributed by atoms with Gasteiger partial charge in [0.05, 0.1) is 11.3 Å². The Morgan fingerprint density at radius 2 is 1.76 bits per heavy atom. The Labute approximate surface area is 165 Å². The van der Waals surface area contributed by atoms with Gasteiger partial charge in [0.2, 0.25) is 5.76 Å². The zero-order chi connectivity index (χ0) is 20.6. The van der Waals surface area contributed by atoms with Gasteiger partial charge in [-0.25, -0.2) is 9.18 Å². The molecule has 2 N–H and O–H groups in total. The maximum Gasteiger partial charge on any atom is 0.377 e. The lowest BCUT2D eigenvalue weighted by atomic mass is 10.1. The molecule has 2 amide bonds. The zero-order valence-electron chi connectivity index (χ0n) is 15.1. The first-order valence-corrected chi connectivity index (χ1v) is 8.60. The minimum Gasteiger partial charge on any atom is -0.493 e. The van der Waals surface area contributed by atoms with Gasteiger partial charge in [-0.3, -0.25) is 9.59 Å². The molecule has 0 radical (unpaired) electrons. The van der Waals surface area contributed by atoms with Gasteiger partial charge in [0.1, 0.15) is 25.3 Å². The molecule has 150 valence electrons. The van der Waals surface area contributed by atoms with Crippen LogP contribution in [0.2, 0.25) is 0 Å². The van der Waals surface area contributed by atoms with Crippen LogP contribution in [0, 0.1) is 5.82 Å². The van der Waals surface area contributed by atoms with E-state index >= 15 is 0 Å². The number of halogens is 1. The normalized spacial score (nSPS) is 12.7. The summed E-state index contributed by atoms with van der Waals surface area (Å²) in [5, 5.41) is 5.13. The van der Waals surface area contributed by atoms with Gasteiger partial charge in [-0.05, 0) is 36.4 Å². The van der Waals surface area contributed by atoms with Crippen LogP contribution in [0.4, 0.5) is 15.8 Å². The third-order valence-corrected chi connectivity index (χ3v) is 3.73. The molecule has 1 aliphatic rings. The number of anilines is 2. The summed E-state index contributed by atoms with van der Waals surface area (Å²) in [6.07, 6.45) is 1.12. The summed E-state index contributed by atoms with van der Waals surface area (Å²) in [6, 6.07) is 11.6. The van der Waals surface area contributed by atoms with Crippen LogP contribution < -0.4 is 10.6 Å². The molecule has 0 saturated heterocycles. The number of hydrogen-bond donors (Lipinski definition) is 2. The minimum atomic E-state index is -0.831. The molecule has 0 bridgehead atoms. The molecule has 9 heteroatoms. The topological polar surface area (TPSA) is 103 Å². The van der Waals surface area contributed by atoms with Crippen molar-refractivity contribution in [2.24, 2.45) is 0 Å². The van der Waals surface area contributed by atoms with Crippen LogP contribution in [-0.4, -0.2) is 37.6 Å². The van der Waals surface area contributed by atoms with Crippen LogP contribution in [0.3, 0.4) is 0 Å². The fraction of sp³-hybridized carbons (Fsp3) is 0.150. The van der Waals surface area contributed by atoms with Crippen molar-refractivity contribution in [2.45, 2.75) is 0 Å². The highest BCUT2D eigenvalue weighted by molar-refractivity contribution is 6.10. The van der Waals surface area contributed by atoms with Crippen LogP contribution in [0.15, 0.2) is 60.6 Å². The van der Waals surface area contributed by atoms with E-state index in [0.29, 0.717) is 12.3 Å². The Kier molecular flexibility index (Phi) is 6.41. The SMILES string of the molecule is O=C(COC(=O)C1=COCCO1)Nc1ccccc1C(=O)Nc1ccc(F)cc1. The second-order valence-electron chi connectivity index (χ2n) is 5.83. The molecular formula is C20H17FN2O6. The molecule has 0 fully saturated rings. The van der Waals surface area contributed by atoms with Gasteiger partial charge >= 0.3 is 5.97 Å². The number of carbonyl (C=O) groups is 3. The fourth-order valence-corrected chi connectivity index (χ4v) is 2.39. The molecule has 0 unspecified atom stereocenters. The number of carbonyl (C=O) groups excluding carboxylic acids is 3. The Bertz CT molecular complexity index is 942. The van der Waals surface area contributed by atoms with E-state index in [-0.39, 0.29) is 23.6 Å². The first-order valence-electron chi connectivity index (χ1n) is 8.60. The maximum absolute atomic E-state index is 13.0. The van der Waals surface area contributed by atoms with E-state index in [1.165, 1.54) is 36.4 Å². The lowest BCUT2D eigenvalue weighted by molar-refractivity contribution is -0.148. The number of esters is 1. The van der Waals surface area contributed by atoms with Crippen LogP contribution in [0.25, 0.3) is 0 Å². The molecular weight excluding hydrogens is 383 g/mol. The third kappa shape index (κ3) is 5.55. The van der Waals surface area contributed by atoms with Crippen LogP contribution in [-0.2, 0) is 23.8 Å². The Hall–Kier alpha value is -3.88. The van der Waals surface area contributed by atoms with Crippen molar-refractivity contribution in [3.05, 3.63) is 71.9 Å². The van der Waals surface area contributed by atoms with E-state index in [4.69, 9.17) is 14.2 Å². The van der Waals surface area contributed by atoms with Gasteiger partial charge in [-0.1, -0.05) is 12.1 Å². The van der Waals surface area contributed by atoms with Crippen molar-refractivity contribution in [3.63, 3.8) is 0 Å². The highest BCUT2D eigenvalue weighted by Gasteiger charge is 2.19. The number of rotatable bonds is 6. The van der Waals surface area contributed by atoms with Gasteiger partial charge in [-0.2, -0.15) is 0 Å². The van der Waals surface area contributed by atoms with Crippen molar-refractivity contribution in [2.75, 3.05) is 30.5 Å². The van der Waals surface area contributed by atoms with Crippen molar-refractivity contribution in [3.8, 4) is 0 Å². The van der Waals surface area contributed by atoms with Crippen molar-refractivity contribution >= 4 is 29.2 Å². The fourth-order valence-electron chi connectivity index (χ4n) is 2.39. The van der Waals surface area contributed by atoms with Crippen molar-refractivity contribution < 1.29 is 33.0 Å². The summed E-state index contributed by atoms with van der Waals surface area (Å²) in [5.41, 5.74) is 0.808. The number of hydrogen-bond acceptors (Lipinski definition) is 6. The first-order chi connectivity index (χ1) is 14.0. The Balaban J connectivity index is 1.60. The van der Waals surface area contributed by atoms with Crippen LogP contribution in [0.1, 0.15) is 10.4 Å². The monoisotopic (exact) mass is 400 g/mol. The van der Waals surface area contributed by atoms with E-state index in [0.717, 1.165) is 6.26 Å². The van der Waals surface area contributed by atoms with E-state index in [1.807, 2.05) is 0 Å². The van der Waals surface area contributed by atoms with Crippen molar-refractivity contribution in [1.82, 2.24) is 0 Å². The summed E-state index contributed by atoms with van der Waals surface area (Å²) in [6.45, 7) is -0.0366. The number of ether oxygens (including phenoxy) is 3. The third-order valence-electron chi connectivity index (χ3n) is 3.73. The van der Waals surface area contributed by atoms with E-state index in [2.05, 4.69) is 10.6 Å². The average molecular weight is 400 g/mol. The van der Waals surface area contributed by atoms with Gasteiger partial charge in [0, 0.05) is 5.69 Å². The Morgan fingerprint density at radius 1 is 1.00 bits per heavy atom. The summed E-state index contributed by atoms with van der Waals surface area (Å²) in [4.78, 5) is 36.4. The Morgan fingerprint density at radius 3 is 2.48 bits per heavy atom. The molecule has 0 spiro atoms. The smallest absolute Gasteiger partial charge is 0.377 e. The van der Waals surface area contributed by atoms with E-state index in [1.54, 1.807) is 12.1 Å². The molecule has 8 nitrogen and oxygen atoms in total. The summed E-state index contributed by atoms with van der Waals surface area (Å²) >= 11 is 0. The lowest BCUT2D eigenvalue weighted by Crippen LogP contribution is -2.25. The molecule has 0 atom stereocenters. The van der Waals surface area contributed by atoms with Crippen LogP contribution >= 0.6 is 0 Å². The zero-order valence-corrected chi connectivity index (χ0v) is 15.1. The van der Waals surface area contributed by atoms with Crippen LogP contribution in [0.5, 0.6) is 0 Å². The molecule has 0 aromatic heterocycles. The predicted octanol–water partition coefficient (Wildman–Crippen LogP) is 2.45. The second-order valence-corrected chi connectivity index (χ2v) is 5.83. The number of nitrogens with one attached hydrogen (secondary N) is 2. The lowest BCUT2D eigenvalue weighted by Gasteiger charge is -2.15. The van der Waals surface area contributed by atoms with Crippen molar-refractivity contribution in [1.29, 1.82) is 0 Å². The number of benzene rings is 2. The molecule has 1 aliphatic heterocycles. The summed E-state index contributed by atoms with van der Waals surface area (Å²) in [7, 11) is 0. The summed E-state index contributed by atoms with van der Waals surface area (Å²) in [5.74, 6) is -2.52. The first kappa shape index (κ1) is 19.9. The molecule has 0 aliphatic carbocycles. The quantitative estimate of drug-likeness (QED) is 0.722. The van der Waals surface area contributed by atoms with Gasteiger partial charge in [0.15, 0.2) is 6.61 Å². The predicted molar refractivity (Wildman–Crippen MR) is 100 cm³/mol. The number of amides is 2. The highest BCUT2D eigenvalue weighted by atomic mass is 19.1. The summed E-state index contributed by atoms with van der Waals surface area (Å²) < 4.78 is 27.9. The van der Waals surface area contributed by atoms with Gasteiger partial charge in [0.25, 0.3) is 11.8 Å². The molecule has 3 rings (SSSR count). The van der Waals surface area contributed by atoms with Gasteiger partial charge in [-0.15, -0.1) is 0 Å². The minimum absolute atomic E-state index is 0.122. The second kappa shape index (κ2) is 9.36. The number of para-hydroxylation sites is 1. The largest absolute Gasteiger partial charge is 0.493 e. The standard InChI is InChI=1S/C20H17FN2O6/c21-13-5-7-14(8-6-13)22-19(25)15-3-1-2-4-16(15)23-18(24)12-29-20(26)17-11-27-9-10-28-17/h1-8,11H,9-10,12H2,(H,22,25)(H,23,24). The van der Waals surface area contributed by atoms with E-state index in [9.17, 15) is 18.8 Å². The molecule has 2 aromatic rings. The van der Waals surface area contributed by atoms with Gasteiger partial charge < -0.3 is 24.8 Å².